The van der Waals surface area contributed by atoms with Crippen molar-refractivity contribution in [3.8, 4) is 0 Å². The Bertz CT molecular complexity index is 340. The summed E-state index contributed by atoms with van der Waals surface area (Å²) in [6.45, 7) is 0.779. The summed E-state index contributed by atoms with van der Waals surface area (Å²) in [6, 6.07) is 1.76. The van der Waals surface area contributed by atoms with Gasteiger partial charge in [-0.2, -0.15) is 0 Å². The van der Waals surface area contributed by atoms with E-state index in [0.29, 0.717) is 11.4 Å². The molecule has 1 aromatic heterocycles. The summed E-state index contributed by atoms with van der Waals surface area (Å²) in [5.74, 6) is 0.157. The lowest BCUT2D eigenvalue weighted by Crippen LogP contribution is -2.23. The number of hydrogen-bond acceptors (Lipinski definition) is 2. The Labute approximate surface area is 81.3 Å². The summed E-state index contributed by atoms with van der Waals surface area (Å²) in [7, 11) is 0. The molecule has 0 aromatic carbocycles. The van der Waals surface area contributed by atoms with Crippen LogP contribution in [0.4, 0.5) is 5.69 Å². The number of halogens is 1. The molecule has 0 aliphatic carbocycles. The minimum Gasteiger partial charge on any atom is -0.311 e. The van der Waals surface area contributed by atoms with Crippen molar-refractivity contribution in [3.63, 3.8) is 0 Å². The van der Waals surface area contributed by atoms with Crippen molar-refractivity contribution < 1.29 is 4.79 Å². The molecule has 1 aliphatic heterocycles. The standard InChI is InChI=1S/C9H9ClN2O/c10-7-4-8(6-11-5-7)12-3-1-2-9(12)13/h4-6H,1-3H2. The number of carbonyl (C=O) groups excluding carboxylic acids is 1. The number of amides is 1. The van der Waals surface area contributed by atoms with Crippen molar-refractivity contribution in [1.29, 1.82) is 0 Å². The van der Waals surface area contributed by atoms with Gasteiger partial charge in [0, 0.05) is 19.2 Å². The number of rotatable bonds is 1. The SMILES string of the molecule is O=C1CCCN1c1cncc(Cl)c1. The minimum atomic E-state index is 0.157. The predicted molar refractivity (Wildman–Crippen MR) is 50.8 cm³/mol. The van der Waals surface area contributed by atoms with E-state index in [9.17, 15) is 4.79 Å². The third kappa shape index (κ3) is 1.65. The van der Waals surface area contributed by atoms with Gasteiger partial charge in [0.25, 0.3) is 0 Å². The lowest BCUT2D eigenvalue weighted by Gasteiger charge is -2.14. The molecule has 0 spiro atoms. The number of hydrogen-bond donors (Lipinski definition) is 0. The second kappa shape index (κ2) is 3.34. The summed E-state index contributed by atoms with van der Waals surface area (Å²) < 4.78 is 0. The molecule has 0 saturated carbocycles. The van der Waals surface area contributed by atoms with Crippen LogP contribution in [0.3, 0.4) is 0 Å². The molecule has 13 heavy (non-hydrogen) atoms. The first kappa shape index (κ1) is 8.51. The van der Waals surface area contributed by atoms with Gasteiger partial charge in [0.15, 0.2) is 0 Å². The van der Waals surface area contributed by atoms with Crippen LogP contribution in [0, 0.1) is 0 Å². The van der Waals surface area contributed by atoms with Gasteiger partial charge in [-0.15, -0.1) is 0 Å². The number of carbonyl (C=O) groups is 1. The van der Waals surface area contributed by atoms with Crippen LogP contribution in [-0.2, 0) is 4.79 Å². The zero-order valence-corrected chi connectivity index (χ0v) is 7.79. The topological polar surface area (TPSA) is 33.2 Å². The Balaban J connectivity index is 2.29. The number of anilines is 1. The number of nitrogens with zero attached hydrogens (tertiary/aromatic N) is 2. The van der Waals surface area contributed by atoms with E-state index in [4.69, 9.17) is 11.6 Å². The van der Waals surface area contributed by atoms with Gasteiger partial charge in [-0.3, -0.25) is 9.78 Å². The minimum absolute atomic E-state index is 0.157. The molecule has 1 saturated heterocycles. The molecular weight excluding hydrogens is 188 g/mol. The predicted octanol–water partition coefficient (Wildman–Crippen LogP) is 1.86. The molecule has 1 fully saturated rings. The summed E-state index contributed by atoms with van der Waals surface area (Å²) >= 11 is 5.77. The highest BCUT2D eigenvalue weighted by atomic mass is 35.5. The summed E-state index contributed by atoms with van der Waals surface area (Å²) in [4.78, 5) is 17.0. The molecule has 0 unspecified atom stereocenters. The molecule has 1 amide bonds. The quantitative estimate of drug-likeness (QED) is 0.687. The van der Waals surface area contributed by atoms with Crippen molar-refractivity contribution in [3.05, 3.63) is 23.5 Å². The molecular formula is C9H9ClN2O. The van der Waals surface area contributed by atoms with Crippen LogP contribution < -0.4 is 4.90 Å². The average molecular weight is 197 g/mol. The fraction of sp³-hybridized carbons (Fsp3) is 0.333. The van der Waals surface area contributed by atoms with E-state index in [1.165, 1.54) is 0 Å². The molecule has 0 bridgehead atoms. The van der Waals surface area contributed by atoms with Gasteiger partial charge in [0.2, 0.25) is 5.91 Å². The smallest absolute Gasteiger partial charge is 0.227 e. The maximum absolute atomic E-state index is 11.3. The van der Waals surface area contributed by atoms with Crippen LogP contribution >= 0.6 is 11.6 Å². The zero-order chi connectivity index (χ0) is 9.26. The molecule has 4 heteroatoms. The number of pyridine rings is 1. The highest BCUT2D eigenvalue weighted by molar-refractivity contribution is 6.30. The normalized spacial score (nSPS) is 16.7. The van der Waals surface area contributed by atoms with Crippen LogP contribution in [0.15, 0.2) is 18.5 Å². The third-order valence-electron chi connectivity index (χ3n) is 2.08. The molecule has 2 rings (SSSR count). The Kier molecular flexibility index (Phi) is 2.19. The lowest BCUT2D eigenvalue weighted by molar-refractivity contribution is -0.117. The van der Waals surface area contributed by atoms with Crippen LogP contribution in [0.25, 0.3) is 0 Å². The summed E-state index contributed by atoms with van der Waals surface area (Å²) in [5, 5.41) is 0.567. The van der Waals surface area contributed by atoms with E-state index in [2.05, 4.69) is 4.98 Å². The molecule has 2 heterocycles. The van der Waals surface area contributed by atoms with Gasteiger partial charge in [0.05, 0.1) is 16.9 Å². The molecule has 0 atom stereocenters. The number of aromatic nitrogens is 1. The maximum Gasteiger partial charge on any atom is 0.227 e. The van der Waals surface area contributed by atoms with Gasteiger partial charge in [0.1, 0.15) is 0 Å². The van der Waals surface area contributed by atoms with Gasteiger partial charge in [-0.1, -0.05) is 11.6 Å². The van der Waals surface area contributed by atoms with E-state index in [-0.39, 0.29) is 5.91 Å². The summed E-state index contributed by atoms with van der Waals surface area (Å²) in [6.07, 6.45) is 4.78. The monoisotopic (exact) mass is 196 g/mol. The van der Waals surface area contributed by atoms with Crippen molar-refractivity contribution in [2.75, 3.05) is 11.4 Å². The van der Waals surface area contributed by atoms with E-state index in [1.807, 2.05) is 0 Å². The van der Waals surface area contributed by atoms with Crippen LogP contribution in [0.1, 0.15) is 12.8 Å². The van der Waals surface area contributed by atoms with E-state index in [1.54, 1.807) is 23.4 Å². The van der Waals surface area contributed by atoms with Crippen LogP contribution in [0.5, 0.6) is 0 Å². The maximum atomic E-state index is 11.3. The highest BCUT2D eigenvalue weighted by Gasteiger charge is 2.21. The third-order valence-corrected chi connectivity index (χ3v) is 2.28. The van der Waals surface area contributed by atoms with Crippen molar-refractivity contribution in [2.45, 2.75) is 12.8 Å². The van der Waals surface area contributed by atoms with E-state index < -0.39 is 0 Å². The lowest BCUT2D eigenvalue weighted by atomic mass is 10.4. The molecule has 0 radical (unpaired) electrons. The fourth-order valence-electron chi connectivity index (χ4n) is 1.47. The average Bonchev–Trinajstić information content (AvgIpc) is 2.51. The molecule has 3 nitrogen and oxygen atoms in total. The first-order chi connectivity index (χ1) is 6.27. The highest BCUT2D eigenvalue weighted by Crippen LogP contribution is 2.22. The molecule has 0 N–H and O–H groups in total. The second-order valence-corrected chi connectivity index (χ2v) is 3.45. The van der Waals surface area contributed by atoms with Crippen molar-refractivity contribution in [1.82, 2.24) is 4.98 Å². The van der Waals surface area contributed by atoms with Gasteiger partial charge < -0.3 is 4.90 Å². The Morgan fingerprint density at radius 3 is 2.92 bits per heavy atom. The van der Waals surface area contributed by atoms with Crippen LogP contribution in [0.2, 0.25) is 5.02 Å². The van der Waals surface area contributed by atoms with E-state index >= 15 is 0 Å². The fourth-order valence-corrected chi connectivity index (χ4v) is 1.64. The first-order valence-electron chi connectivity index (χ1n) is 4.18. The zero-order valence-electron chi connectivity index (χ0n) is 7.03. The largest absolute Gasteiger partial charge is 0.311 e. The van der Waals surface area contributed by atoms with Gasteiger partial charge in [-0.25, -0.2) is 0 Å². The second-order valence-electron chi connectivity index (χ2n) is 3.01. The molecule has 1 aromatic rings. The van der Waals surface area contributed by atoms with Crippen molar-refractivity contribution in [2.24, 2.45) is 0 Å². The molecule has 68 valence electrons. The first-order valence-corrected chi connectivity index (χ1v) is 4.56. The van der Waals surface area contributed by atoms with Crippen LogP contribution in [-0.4, -0.2) is 17.4 Å². The Morgan fingerprint density at radius 1 is 1.46 bits per heavy atom. The van der Waals surface area contributed by atoms with Crippen molar-refractivity contribution >= 4 is 23.2 Å². The Hall–Kier alpha value is -1.09. The molecule has 1 aliphatic rings. The van der Waals surface area contributed by atoms with E-state index in [0.717, 1.165) is 18.7 Å². The van der Waals surface area contributed by atoms with Gasteiger partial charge >= 0.3 is 0 Å². The summed E-state index contributed by atoms with van der Waals surface area (Å²) in [5.41, 5.74) is 0.801. The van der Waals surface area contributed by atoms with Gasteiger partial charge in [-0.05, 0) is 12.5 Å². The Morgan fingerprint density at radius 2 is 2.31 bits per heavy atom.